The molecule has 0 aliphatic heterocycles. The van der Waals surface area contributed by atoms with Crippen LogP contribution in [0.15, 0.2) is 30.3 Å². The van der Waals surface area contributed by atoms with E-state index >= 15 is 0 Å². The summed E-state index contributed by atoms with van der Waals surface area (Å²) in [5.41, 5.74) is -0.556. The predicted molar refractivity (Wildman–Crippen MR) is 64.3 cm³/mol. The van der Waals surface area contributed by atoms with Crippen molar-refractivity contribution in [3.05, 3.63) is 58.9 Å². The van der Waals surface area contributed by atoms with E-state index in [4.69, 9.17) is 0 Å². The van der Waals surface area contributed by atoms with Crippen LogP contribution in [-0.4, -0.2) is 16.5 Å². The van der Waals surface area contributed by atoms with Gasteiger partial charge in [-0.05, 0) is 36.3 Å². The Kier molecular flexibility index (Phi) is 3.98. The van der Waals surface area contributed by atoms with Gasteiger partial charge in [0, 0.05) is 5.56 Å². The second kappa shape index (κ2) is 5.71. The molecule has 0 N–H and O–H groups in total. The van der Waals surface area contributed by atoms with E-state index in [9.17, 15) is 22.4 Å². The molecule has 0 bridgehead atoms. The van der Waals surface area contributed by atoms with Crippen molar-refractivity contribution in [2.45, 2.75) is 5.92 Å². The summed E-state index contributed by atoms with van der Waals surface area (Å²) in [6.07, 6.45) is -0.538. The fraction of sp³-hybridized carbons (Fsp3) is 0.0714. The van der Waals surface area contributed by atoms with E-state index in [1.165, 1.54) is 6.07 Å². The molecule has 0 fully saturated rings. The lowest BCUT2D eigenvalue weighted by molar-refractivity contribution is -0.130. The van der Waals surface area contributed by atoms with Crippen LogP contribution in [0, 0.1) is 23.5 Å². The quantitative estimate of drug-likeness (QED) is 0.485. The Morgan fingerprint density at radius 3 is 2.33 bits per heavy atom. The summed E-state index contributed by atoms with van der Waals surface area (Å²) in [5, 5.41) is 6.61. The molecule has 0 saturated heterocycles. The third-order valence-corrected chi connectivity index (χ3v) is 2.41. The van der Waals surface area contributed by atoms with Gasteiger partial charge in [-0.1, -0.05) is 5.92 Å². The first kappa shape index (κ1) is 14.7. The molecule has 0 radical (unpaired) electrons. The minimum absolute atomic E-state index is 0.0465. The molecule has 0 aliphatic carbocycles. The smallest absolute Gasteiger partial charge is 0.296 e. The van der Waals surface area contributed by atoms with Crippen molar-refractivity contribution in [2.24, 2.45) is 0 Å². The first-order valence-electron chi connectivity index (χ1n) is 5.58. The number of carbonyl (C=O) groups is 1. The number of rotatable bonds is 2. The Labute approximate surface area is 116 Å². The summed E-state index contributed by atoms with van der Waals surface area (Å²) < 4.78 is 51.6. The van der Waals surface area contributed by atoms with Gasteiger partial charge in [-0.25, -0.2) is 8.78 Å². The fourth-order valence-corrected chi connectivity index (χ4v) is 1.35. The van der Waals surface area contributed by atoms with Crippen LogP contribution in [-0.2, 0) is 10.7 Å². The molecule has 3 nitrogen and oxygen atoms in total. The summed E-state index contributed by atoms with van der Waals surface area (Å²) in [6.45, 7) is 0. The fourth-order valence-electron chi connectivity index (χ4n) is 1.35. The van der Waals surface area contributed by atoms with Crippen molar-refractivity contribution in [2.75, 3.05) is 0 Å². The highest BCUT2D eigenvalue weighted by Crippen LogP contribution is 2.22. The van der Waals surface area contributed by atoms with Gasteiger partial charge in [-0.2, -0.15) is 8.78 Å². The van der Waals surface area contributed by atoms with Crippen LogP contribution < -0.4 is 0 Å². The van der Waals surface area contributed by atoms with Crippen LogP contribution in [0.5, 0.6) is 0 Å². The van der Waals surface area contributed by atoms with Gasteiger partial charge in [0.1, 0.15) is 11.4 Å². The van der Waals surface area contributed by atoms with E-state index in [0.29, 0.717) is 0 Å². The first-order chi connectivity index (χ1) is 9.92. The third-order valence-electron chi connectivity index (χ3n) is 2.41. The molecule has 2 rings (SSSR count). The van der Waals surface area contributed by atoms with Crippen molar-refractivity contribution in [3.63, 3.8) is 0 Å². The lowest BCUT2D eigenvalue weighted by atomic mass is 10.2. The zero-order chi connectivity index (χ0) is 15.5. The second-order valence-corrected chi connectivity index (χ2v) is 3.92. The largest absolute Gasteiger partial charge is 0.345 e. The van der Waals surface area contributed by atoms with Crippen molar-refractivity contribution >= 4 is 6.29 Å². The number of halogens is 4. The molecule has 0 spiro atoms. The van der Waals surface area contributed by atoms with Gasteiger partial charge in [0.2, 0.25) is 0 Å². The highest BCUT2D eigenvalue weighted by Gasteiger charge is 2.32. The van der Waals surface area contributed by atoms with E-state index < -0.39 is 29.5 Å². The van der Waals surface area contributed by atoms with Gasteiger partial charge in [0.25, 0.3) is 0 Å². The van der Waals surface area contributed by atoms with Gasteiger partial charge in [0.15, 0.2) is 17.9 Å². The lowest BCUT2D eigenvalue weighted by Crippen LogP contribution is -2.17. The molecule has 21 heavy (non-hydrogen) atoms. The average Bonchev–Trinajstić information content (AvgIpc) is 2.49. The molecule has 0 aliphatic rings. The summed E-state index contributed by atoms with van der Waals surface area (Å²) in [5.74, 6) is -0.813. The SMILES string of the molecule is O=CC(F)(F)c1ccc(C#Cc2ccc(F)c(F)c2)nn1. The third kappa shape index (κ3) is 3.42. The van der Waals surface area contributed by atoms with E-state index in [-0.39, 0.29) is 11.3 Å². The molecule has 0 amide bonds. The number of hydrogen-bond donors (Lipinski definition) is 0. The normalized spacial score (nSPS) is 10.7. The molecular weight excluding hydrogens is 288 g/mol. The minimum atomic E-state index is -3.71. The molecule has 1 heterocycles. The van der Waals surface area contributed by atoms with E-state index in [1.54, 1.807) is 0 Å². The van der Waals surface area contributed by atoms with E-state index in [2.05, 4.69) is 22.0 Å². The number of hydrogen-bond acceptors (Lipinski definition) is 3. The topological polar surface area (TPSA) is 42.9 Å². The summed E-state index contributed by atoms with van der Waals surface area (Å²) in [7, 11) is 0. The highest BCUT2D eigenvalue weighted by molar-refractivity contribution is 5.62. The molecule has 0 unspecified atom stereocenters. The van der Waals surface area contributed by atoms with Gasteiger partial charge < -0.3 is 0 Å². The van der Waals surface area contributed by atoms with Crippen molar-refractivity contribution < 1.29 is 22.4 Å². The Morgan fingerprint density at radius 2 is 1.76 bits per heavy atom. The average molecular weight is 294 g/mol. The first-order valence-corrected chi connectivity index (χ1v) is 5.58. The van der Waals surface area contributed by atoms with Crippen LogP contribution in [0.25, 0.3) is 0 Å². The zero-order valence-corrected chi connectivity index (χ0v) is 10.3. The molecule has 7 heteroatoms. The van der Waals surface area contributed by atoms with Gasteiger partial charge in [-0.15, -0.1) is 10.2 Å². The highest BCUT2D eigenvalue weighted by atomic mass is 19.3. The number of aromatic nitrogens is 2. The zero-order valence-electron chi connectivity index (χ0n) is 10.3. The Balaban J connectivity index is 2.23. The van der Waals surface area contributed by atoms with Crippen LogP contribution >= 0.6 is 0 Å². The summed E-state index contributed by atoms with van der Waals surface area (Å²) in [6, 6.07) is 5.13. The number of alkyl halides is 2. The maximum absolute atomic E-state index is 13.0. The number of nitrogens with zero attached hydrogens (tertiary/aromatic N) is 2. The standard InChI is InChI=1S/C14H6F4N2O/c15-11-5-2-9(7-12(11)16)1-3-10-4-6-13(20-19-10)14(17,18)8-21/h2,4-8H. The lowest BCUT2D eigenvalue weighted by Gasteiger charge is -2.05. The van der Waals surface area contributed by atoms with Gasteiger partial charge in [-0.3, -0.25) is 4.79 Å². The Morgan fingerprint density at radius 1 is 1.00 bits per heavy atom. The molecule has 0 atom stereocenters. The molecule has 0 saturated carbocycles. The van der Waals surface area contributed by atoms with Crippen molar-refractivity contribution in [3.8, 4) is 11.8 Å². The molecule has 2 aromatic rings. The molecule has 1 aromatic carbocycles. The van der Waals surface area contributed by atoms with Gasteiger partial charge in [0.05, 0.1) is 0 Å². The second-order valence-electron chi connectivity index (χ2n) is 3.92. The van der Waals surface area contributed by atoms with Crippen LogP contribution in [0.4, 0.5) is 17.6 Å². The van der Waals surface area contributed by atoms with Gasteiger partial charge >= 0.3 is 5.92 Å². The Bertz CT molecular complexity index is 733. The van der Waals surface area contributed by atoms with Crippen LogP contribution in [0.2, 0.25) is 0 Å². The number of carbonyl (C=O) groups excluding carboxylic acids is 1. The molecular formula is C14H6F4N2O. The van der Waals surface area contributed by atoms with Crippen molar-refractivity contribution in [1.82, 2.24) is 10.2 Å². The predicted octanol–water partition coefficient (Wildman–Crippen LogP) is 2.45. The van der Waals surface area contributed by atoms with E-state index in [1.807, 2.05) is 0 Å². The number of aldehydes is 1. The molecule has 1 aromatic heterocycles. The maximum Gasteiger partial charge on any atom is 0.345 e. The molecule has 106 valence electrons. The van der Waals surface area contributed by atoms with E-state index in [0.717, 1.165) is 24.3 Å². The van der Waals surface area contributed by atoms with Crippen molar-refractivity contribution in [1.29, 1.82) is 0 Å². The minimum Gasteiger partial charge on any atom is -0.296 e. The maximum atomic E-state index is 13.0. The monoisotopic (exact) mass is 294 g/mol. The number of benzene rings is 1. The summed E-state index contributed by atoms with van der Waals surface area (Å²) in [4.78, 5) is 10.2. The summed E-state index contributed by atoms with van der Waals surface area (Å²) >= 11 is 0. The Hall–Kier alpha value is -2.75. The van der Waals surface area contributed by atoms with Crippen LogP contribution in [0.1, 0.15) is 17.0 Å². The van der Waals surface area contributed by atoms with Crippen LogP contribution in [0.3, 0.4) is 0 Å².